The third kappa shape index (κ3) is 3.53. The fourth-order valence-corrected chi connectivity index (χ4v) is 3.17. The van der Waals surface area contributed by atoms with E-state index in [2.05, 4.69) is 10.6 Å². The number of halogens is 1. The number of imide groups is 1. The minimum Gasteiger partial charge on any atom is -0.324 e. The zero-order valence-corrected chi connectivity index (χ0v) is 16.1. The Balaban J connectivity index is 1.76. The van der Waals surface area contributed by atoms with E-state index in [1.54, 1.807) is 37.3 Å². The molecule has 1 aliphatic heterocycles. The maximum Gasteiger partial charge on any atom is 0.325 e. The topological polar surface area (TPSA) is 78.5 Å². The molecule has 0 aliphatic carbocycles. The molecule has 6 nitrogen and oxygen atoms in total. The second-order valence-corrected chi connectivity index (χ2v) is 7.19. The van der Waals surface area contributed by atoms with Crippen LogP contribution in [0.2, 0.25) is 5.02 Å². The Morgan fingerprint density at radius 1 is 1.15 bits per heavy atom. The van der Waals surface area contributed by atoms with E-state index in [1.807, 2.05) is 26.0 Å². The fourth-order valence-electron chi connectivity index (χ4n) is 3.04. The highest BCUT2D eigenvalue weighted by Gasteiger charge is 2.49. The number of carbonyl (C=O) groups is 3. The number of nitrogens with one attached hydrogen (secondary N) is 2. The van der Waals surface area contributed by atoms with Crippen molar-refractivity contribution in [3.63, 3.8) is 0 Å². The van der Waals surface area contributed by atoms with Gasteiger partial charge in [-0.1, -0.05) is 35.9 Å². The highest BCUT2D eigenvalue weighted by Crippen LogP contribution is 2.29. The van der Waals surface area contributed by atoms with Crippen LogP contribution in [-0.4, -0.2) is 29.3 Å². The predicted octanol–water partition coefficient (Wildman–Crippen LogP) is 3.36. The van der Waals surface area contributed by atoms with Gasteiger partial charge < -0.3 is 10.6 Å². The standard InChI is InChI=1S/C20H20ClN3O3/c1-12-5-4-6-16(13(12)2)22-17(25)11-24-18(26)20(3,23-19(24)27)14-7-9-15(21)10-8-14/h4-10H,11H2,1-3H3,(H,22,25)(H,23,27)/t20-/m1/s1. The third-order valence-electron chi connectivity index (χ3n) is 4.88. The van der Waals surface area contributed by atoms with Crippen LogP contribution in [0.5, 0.6) is 0 Å². The predicted molar refractivity (Wildman–Crippen MR) is 104 cm³/mol. The molecule has 1 heterocycles. The van der Waals surface area contributed by atoms with Gasteiger partial charge in [-0.3, -0.25) is 14.5 Å². The lowest BCUT2D eigenvalue weighted by atomic mass is 9.92. The Hall–Kier alpha value is -2.86. The summed E-state index contributed by atoms with van der Waals surface area (Å²) in [6.07, 6.45) is 0. The number of anilines is 1. The molecule has 2 aromatic rings. The molecule has 1 atom stereocenters. The minimum atomic E-state index is -1.23. The van der Waals surface area contributed by atoms with Crippen molar-refractivity contribution in [1.82, 2.24) is 10.2 Å². The number of nitrogens with zero attached hydrogens (tertiary/aromatic N) is 1. The lowest BCUT2D eigenvalue weighted by Crippen LogP contribution is -2.42. The number of hydrogen-bond acceptors (Lipinski definition) is 3. The van der Waals surface area contributed by atoms with Gasteiger partial charge in [0, 0.05) is 10.7 Å². The average molecular weight is 386 g/mol. The van der Waals surface area contributed by atoms with Gasteiger partial charge in [0.05, 0.1) is 0 Å². The second-order valence-electron chi connectivity index (χ2n) is 6.75. The van der Waals surface area contributed by atoms with Crippen molar-refractivity contribution in [3.05, 3.63) is 64.2 Å². The first kappa shape index (κ1) is 18.9. The molecule has 2 N–H and O–H groups in total. The van der Waals surface area contributed by atoms with Crippen LogP contribution in [0, 0.1) is 13.8 Å². The number of urea groups is 1. The zero-order valence-electron chi connectivity index (χ0n) is 15.3. The number of amides is 4. The van der Waals surface area contributed by atoms with Crippen LogP contribution in [0.15, 0.2) is 42.5 Å². The van der Waals surface area contributed by atoms with Gasteiger partial charge in [-0.25, -0.2) is 4.79 Å². The molecule has 0 aromatic heterocycles. The summed E-state index contributed by atoms with van der Waals surface area (Å²) in [5.41, 5.74) is 2.00. The number of benzene rings is 2. The summed E-state index contributed by atoms with van der Waals surface area (Å²) in [7, 11) is 0. The van der Waals surface area contributed by atoms with Crippen LogP contribution in [0.3, 0.4) is 0 Å². The maximum absolute atomic E-state index is 12.9. The molecule has 2 aromatic carbocycles. The van der Waals surface area contributed by atoms with Crippen LogP contribution >= 0.6 is 11.6 Å². The average Bonchev–Trinajstić information content (AvgIpc) is 2.83. The summed E-state index contributed by atoms with van der Waals surface area (Å²) in [6, 6.07) is 11.6. The van der Waals surface area contributed by atoms with Crippen molar-refractivity contribution in [2.45, 2.75) is 26.3 Å². The van der Waals surface area contributed by atoms with Gasteiger partial charge >= 0.3 is 6.03 Å². The Morgan fingerprint density at radius 2 is 1.81 bits per heavy atom. The zero-order chi connectivity index (χ0) is 19.8. The Kier molecular flexibility index (Phi) is 4.93. The van der Waals surface area contributed by atoms with E-state index in [1.165, 1.54) is 0 Å². The molecular weight excluding hydrogens is 366 g/mol. The van der Waals surface area contributed by atoms with Crippen LogP contribution in [0.1, 0.15) is 23.6 Å². The quantitative estimate of drug-likeness (QED) is 0.792. The molecule has 0 radical (unpaired) electrons. The van der Waals surface area contributed by atoms with E-state index in [-0.39, 0.29) is 6.54 Å². The monoisotopic (exact) mass is 385 g/mol. The van der Waals surface area contributed by atoms with Crippen molar-refractivity contribution < 1.29 is 14.4 Å². The smallest absolute Gasteiger partial charge is 0.324 e. The van der Waals surface area contributed by atoms with Crippen LogP contribution < -0.4 is 10.6 Å². The molecule has 0 bridgehead atoms. The lowest BCUT2D eigenvalue weighted by molar-refractivity contribution is -0.133. The largest absolute Gasteiger partial charge is 0.325 e. The Bertz CT molecular complexity index is 927. The Morgan fingerprint density at radius 3 is 2.48 bits per heavy atom. The number of carbonyl (C=O) groups excluding carboxylic acids is 3. The molecule has 1 saturated heterocycles. The summed E-state index contributed by atoms with van der Waals surface area (Å²) >= 11 is 5.89. The van der Waals surface area contributed by atoms with Gasteiger partial charge in [0.2, 0.25) is 5.91 Å². The van der Waals surface area contributed by atoms with Gasteiger partial charge in [0.25, 0.3) is 5.91 Å². The van der Waals surface area contributed by atoms with Crippen molar-refractivity contribution >= 4 is 35.1 Å². The molecule has 1 aliphatic rings. The van der Waals surface area contributed by atoms with Gasteiger partial charge in [0.15, 0.2) is 0 Å². The second kappa shape index (κ2) is 7.04. The van der Waals surface area contributed by atoms with Crippen molar-refractivity contribution in [2.24, 2.45) is 0 Å². The number of aryl methyl sites for hydroxylation is 1. The third-order valence-corrected chi connectivity index (χ3v) is 5.13. The van der Waals surface area contributed by atoms with E-state index >= 15 is 0 Å². The fraction of sp³-hybridized carbons (Fsp3) is 0.250. The summed E-state index contributed by atoms with van der Waals surface area (Å²) in [5, 5.41) is 5.96. The van der Waals surface area contributed by atoms with Gasteiger partial charge in [-0.2, -0.15) is 0 Å². The first-order chi connectivity index (χ1) is 12.7. The molecule has 1 fully saturated rings. The molecule has 0 saturated carbocycles. The highest BCUT2D eigenvalue weighted by molar-refractivity contribution is 6.30. The summed E-state index contributed by atoms with van der Waals surface area (Å²) in [5.74, 6) is -0.918. The molecule has 0 spiro atoms. The first-order valence-electron chi connectivity index (χ1n) is 8.48. The van der Waals surface area contributed by atoms with E-state index in [9.17, 15) is 14.4 Å². The summed E-state index contributed by atoms with van der Waals surface area (Å²) in [6.45, 7) is 5.09. The van der Waals surface area contributed by atoms with Gasteiger partial charge in [-0.15, -0.1) is 0 Å². The highest BCUT2D eigenvalue weighted by atomic mass is 35.5. The molecule has 3 rings (SSSR count). The number of rotatable bonds is 4. The first-order valence-corrected chi connectivity index (χ1v) is 8.86. The summed E-state index contributed by atoms with van der Waals surface area (Å²) < 4.78 is 0. The van der Waals surface area contributed by atoms with Crippen LogP contribution in [0.25, 0.3) is 0 Å². The summed E-state index contributed by atoms with van der Waals surface area (Å²) in [4.78, 5) is 38.5. The van der Waals surface area contributed by atoms with Crippen molar-refractivity contribution in [1.29, 1.82) is 0 Å². The van der Waals surface area contributed by atoms with E-state index in [0.29, 0.717) is 16.3 Å². The van der Waals surface area contributed by atoms with Crippen LogP contribution in [0.4, 0.5) is 10.5 Å². The molecular formula is C20H20ClN3O3. The molecule has 4 amide bonds. The van der Waals surface area contributed by atoms with Crippen LogP contribution in [-0.2, 0) is 15.1 Å². The van der Waals surface area contributed by atoms with Crippen molar-refractivity contribution in [2.75, 3.05) is 11.9 Å². The SMILES string of the molecule is Cc1cccc(NC(=O)CN2C(=O)N[C@](C)(c3ccc(Cl)cc3)C2=O)c1C. The van der Waals surface area contributed by atoms with E-state index in [0.717, 1.165) is 16.0 Å². The van der Waals surface area contributed by atoms with E-state index in [4.69, 9.17) is 11.6 Å². The minimum absolute atomic E-state index is 0.360. The molecule has 140 valence electrons. The van der Waals surface area contributed by atoms with Crippen molar-refractivity contribution in [3.8, 4) is 0 Å². The molecule has 0 unspecified atom stereocenters. The van der Waals surface area contributed by atoms with E-state index < -0.39 is 23.4 Å². The lowest BCUT2D eigenvalue weighted by Gasteiger charge is -2.22. The Labute approximate surface area is 162 Å². The number of hydrogen-bond donors (Lipinski definition) is 2. The molecule has 27 heavy (non-hydrogen) atoms. The maximum atomic E-state index is 12.9. The van der Waals surface area contributed by atoms with Gasteiger partial charge in [-0.05, 0) is 55.7 Å². The molecule has 7 heteroatoms. The van der Waals surface area contributed by atoms with Gasteiger partial charge in [0.1, 0.15) is 12.1 Å². The normalized spacial score (nSPS) is 19.2.